The summed E-state index contributed by atoms with van der Waals surface area (Å²) in [7, 11) is 1.62. The molecule has 3 aromatic rings. The Morgan fingerprint density at radius 3 is 2.54 bits per heavy atom. The fourth-order valence-electron chi connectivity index (χ4n) is 4.06. The van der Waals surface area contributed by atoms with Crippen molar-refractivity contribution in [1.82, 2.24) is 14.4 Å². The quantitative estimate of drug-likeness (QED) is 0.257. The number of aromatic nitrogens is 1. The number of amides is 2. The first kappa shape index (κ1) is 25.5. The van der Waals surface area contributed by atoms with Gasteiger partial charge in [-0.2, -0.15) is 0 Å². The molecule has 1 aromatic heterocycles. The Bertz CT molecular complexity index is 1310. The van der Waals surface area contributed by atoms with E-state index >= 15 is 0 Å². The van der Waals surface area contributed by atoms with Crippen molar-refractivity contribution in [2.75, 3.05) is 20.2 Å². The molecule has 0 aliphatic carbocycles. The molecule has 6 nitrogen and oxygen atoms in total. The van der Waals surface area contributed by atoms with Crippen molar-refractivity contribution in [1.29, 1.82) is 0 Å². The Hall–Kier alpha value is -2.62. The SMILES string of the molecule is CCN(CC)C(=O)Cn1cc(/C=C2\SC(=S)N(Cc3ccc(OC)cc3)C2=O)c2cc(Br)ccc21. The van der Waals surface area contributed by atoms with Gasteiger partial charge in [-0.25, -0.2) is 0 Å². The lowest BCUT2D eigenvalue weighted by Gasteiger charge is -2.19. The van der Waals surface area contributed by atoms with E-state index in [0.29, 0.717) is 28.9 Å². The number of carbonyl (C=O) groups is 2. The summed E-state index contributed by atoms with van der Waals surface area (Å²) >= 11 is 10.4. The van der Waals surface area contributed by atoms with Crippen molar-refractivity contribution in [3.05, 3.63) is 69.2 Å². The monoisotopic (exact) mass is 571 g/mol. The van der Waals surface area contributed by atoms with Gasteiger partial charge in [-0.05, 0) is 55.8 Å². The van der Waals surface area contributed by atoms with Crippen molar-refractivity contribution in [3.8, 4) is 5.75 Å². The van der Waals surface area contributed by atoms with Gasteiger partial charge in [-0.15, -0.1) is 0 Å². The first-order valence-electron chi connectivity index (χ1n) is 11.3. The minimum Gasteiger partial charge on any atom is -0.497 e. The predicted octanol–water partition coefficient (Wildman–Crippen LogP) is 5.68. The van der Waals surface area contributed by atoms with Crippen molar-refractivity contribution >= 4 is 73.0 Å². The number of thiocarbonyl (C=S) groups is 1. The average Bonchev–Trinajstić information content (AvgIpc) is 3.31. The Balaban J connectivity index is 1.63. The number of ether oxygens (including phenoxy) is 1. The summed E-state index contributed by atoms with van der Waals surface area (Å²) < 4.78 is 8.62. The van der Waals surface area contributed by atoms with E-state index < -0.39 is 0 Å². The van der Waals surface area contributed by atoms with Crippen LogP contribution in [0, 0.1) is 0 Å². The van der Waals surface area contributed by atoms with E-state index in [1.807, 2.05) is 78.1 Å². The predicted molar refractivity (Wildman–Crippen MR) is 149 cm³/mol. The molecule has 0 N–H and O–H groups in total. The van der Waals surface area contributed by atoms with Gasteiger partial charge in [0.25, 0.3) is 5.91 Å². The molecule has 1 saturated heterocycles. The Morgan fingerprint density at radius 1 is 1.17 bits per heavy atom. The summed E-state index contributed by atoms with van der Waals surface area (Å²) in [4.78, 5) is 30.0. The number of halogens is 1. The Kier molecular flexibility index (Phi) is 7.98. The molecule has 2 heterocycles. The summed E-state index contributed by atoms with van der Waals surface area (Å²) in [5.41, 5.74) is 2.78. The topological polar surface area (TPSA) is 54.8 Å². The standard InChI is InChI=1S/C26H26BrN3O3S2/c1-4-28(5-2)24(31)16-29-15-18(21-13-19(27)8-11-22(21)29)12-23-25(32)30(26(34)35-23)14-17-6-9-20(33-3)10-7-17/h6-13,15H,4-5,14,16H2,1-3H3/b23-12-. The second-order valence-electron chi connectivity index (χ2n) is 8.06. The van der Waals surface area contributed by atoms with Crippen LogP contribution >= 0.6 is 39.9 Å². The number of benzene rings is 2. The van der Waals surface area contributed by atoms with Crippen LogP contribution < -0.4 is 4.74 Å². The van der Waals surface area contributed by atoms with E-state index in [0.717, 1.165) is 32.3 Å². The molecule has 9 heteroatoms. The first-order valence-corrected chi connectivity index (χ1v) is 13.3. The maximum Gasteiger partial charge on any atom is 0.266 e. The normalized spacial score (nSPS) is 14.9. The largest absolute Gasteiger partial charge is 0.497 e. The summed E-state index contributed by atoms with van der Waals surface area (Å²) in [5, 5.41) is 0.965. The molecule has 0 saturated carbocycles. The highest BCUT2D eigenvalue weighted by Gasteiger charge is 2.32. The zero-order valence-corrected chi connectivity index (χ0v) is 23.0. The maximum absolute atomic E-state index is 13.3. The molecule has 4 rings (SSSR count). The van der Waals surface area contributed by atoms with Crippen molar-refractivity contribution in [2.45, 2.75) is 26.9 Å². The highest BCUT2D eigenvalue weighted by atomic mass is 79.9. The van der Waals surface area contributed by atoms with Gasteiger partial charge in [0.2, 0.25) is 5.91 Å². The van der Waals surface area contributed by atoms with Crippen LogP contribution in [0.4, 0.5) is 0 Å². The molecule has 0 atom stereocenters. The summed E-state index contributed by atoms with van der Waals surface area (Å²) in [5.74, 6) is 0.708. The molecule has 1 aliphatic heterocycles. The third-order valence-corrected chi connectivity index (χ3v) is 7.83. The third-order valence-electron chi connectivity index (χ3n) is 5.96. The zero-order chi connectivity index (χ0) is 25.1. The van der Waals surface area contributed by atoms with Crippen molar-refractivity contribution in [3.63, 3.8) is 0 Å². The molecule has 0 unspecified atom stereocenters. The van der Waals surface area contributed by atoms with Crippen molar-refractivity contribution in [2.24, 2.45) is 0 Å². The molecule has 1 fully saturated rings. The Labute approximate surface area is 223 Å². The number of likely N-dealkylation sites (N-methyl/N-ethyl adjacent to an activating group) is 1. The van der Waals surface area contributed by atoms with Gasteiger partial charge in [0.05, 0.1) is 18.6 Å². The number of thioether (sulfide) groups is 1. The molecule has 0 bridgehead atoms. The molecule has 1 aliphatic rings. The van der Waals surface area contributed by atoms with E-state index in [2.05, 4.69) is 15.9 Å². The van der Waals surface area contributed by atoms with Gasteiger partial charge in [0.15, 0.2) is 0 Å². The lowest BCUT2D eigenvalue weighted by molar-refractivity contribution is -0.131. The van der Waals surface area contributed by atoms with Gasteiger partial charge < -0.3 is 14.2 Å². The van der Waals surface area contributed by atoms with Crippen LogP contribution in [0.3, 0.4) is 0 Å². The van der Waals surface area contributed by atoms with Crippen molar-refractivity contribution < 1.29 is 14.3 Å². The molecule has 182 valence electrons. The van der Waals surface area contributed by atoms with Crippen LogP contribution in [-0.2, 0) is 22.7 Å². The number of hydrogen-bond donors (Lipinski definition) is 0. The number of nitrogens with zero attached hydrogens (tertiary/aromatic N) is 3. The van der Waals surface area contributed by atoms with Gasteiger partial charge in [0.1, 0.15) is 16.6 Å². The molecule has 2 aromatic carbocycles. The van der Waals surface area contributed by atoms with Gasteiger partial charge >= 0.3 is 0 Å². The van der Waals surface area contributed by atoms with E-state index in [1.165, 1.54) is 11.8 Å². The lowest BCUT2D eigenvalue weighted by Crippen LogP contribution is -2.33. The molecule has 0 radical (unpaired) electrons. The highest BCUT2D eigenvalue weighted by Crippen LogP contribution is 2.36. The molecular weight excluding hydrogens is 546 g/mol. The first-order chi connectivity index (χ1) is 16.8. The van der Waals surface area contributed by atoms with Crippen LogP contribution in [0.5, 0.6) is 5.75 Å². The lowest BCUT2D eigenvalue weighted by atomic mass is 10.1. The number of hydrogen-bond acceptors (Lipinski definition) is 5. The van der Waals surface area contributed by atoms with Gasteiger partial charge in [-0.3, -0.25) is 14.5 Å². The van der Waals surface area contributed by atoms with Gasteiger partial charge in [0, 0.05) is 40.2 Å². The van der Waals surface area contributed by atoms with Crippen LogP contribution in [-0.4, -0.2) is 50.7 Å². The summed E-state index contributed by atoms with van der Waals surface area (Å²) in [6.07, 6.45) is 3.81. The summed E-state index contributed by atoms with van der Waals surface area (Å²) in [6.45, 7) is 5.94. The minimum absolute atomic E-state index is 0.0622. The van der Waals surface area contributed by atoms with Crippen LogP contribution in [0.25, 0.3) is 17.0 Å². The fraction of sp³-hybridized carbons (Fsp3) is 0.269. The Morgan fingerprint density at radius 2 is 1.89 bits per heavy atom. The number of fused-ring (bicyclic) bond motifs is 1. The second kappa shape index (κ2) is 11.0. The summed E-state index contributed by atoms with van der Waals surface area (Å²) in [6, 6.07) is 13.6. The number of rotatable bonds is 8. The van der Waals surface area contributed by atoms with Crippen LogP contribution in [0.2, 0.25) is 0 Å². The second-order valence-corrected chi connectivity index (χ2v) is 10.6. The molecule has 2 amide bonds. The third kappa shape index (κ3) is 5.47. The smallest absolute Gasteiger partial charge is 0.266 e. The van der Waals surface area contributed by atoms with E-state index in [9.17, 15) is 9.59 Å². The average molecular weight is 573 g/mol. The fourth-order valence-corrected chi connectivity index (χ4v) is 5.66. The van der Waals surface area contributed by atoms with Crippen LogP contribution in [0.15, 0.2) is 58.0 Å². The van der Waals surface area contributed by atoms with E-state index in [-0.39, 0.29) is 18.4 Å². The highest BCUT2D eigenvalue weighted by molar-refractivity contribution is 9.10. The minimum atomic E-state index is -0.120. The van der Waals surface area contributed by atoms with Crippen LogP contribution in [0.1, 0.15) is 25.0 Å². The van der Waals surface area contributed by atoms with E-state index in [4.69, 9.17) is 17.0 Å². The number of carbonyl (C=O) groups excluding carboxylic acids is 2. The molecule has 0 spiro atoms. The maximum atomic E-state index is 13.3. The molecular formula is C26H26BrN3O3S2. The van der Waals surface area contributed by atoms with Gasteiger partial charge in [-0.1, -0.05) is 52.0 Å². The zero-order valence-electron chi connectivity index (χ0n) is 19.8. The number of methoxy groups -OCH3 is 1. The molecule has 35 heavy (non-hydrogen) atoms. The van der Waals surface area contributed by atoms with E-state index in [1.54, 1.807) is 12.0 Å².